The number of anilines is 3. The van der Waals surface area contributed by atoms with Gasteiger partial charge in [-0.3, -0.25) is 9.59 Å². The molecule has 1 heterocycles. The number of carbonyl (C=O) groups is 2. The minimum absolute atomic E-state index is 0.149. The lowest BCUT2D eigenvalue weighted by Crippen LogP contribution is -2.26. The molecule has 2 aromatic carbocycles. The van der Waals surface area contributed by atoms with Crippen LogP contribution in [0.5, 0.6) is 5.75 Å². The van der Waals surface area contributed by atoms with Crippen LogP contribution in [0.4, 0.5) is 21.6 Å². The molecule has 0 atom stereocenters. The zero-order valence-corrected chi connectivity index (χ0v) is 21.4. The number of carbonyl (C=O) groups excluding carboxylic acids is 2. The lowest BCUT2D eigenvalue weighted by atomic mass is 10.1. The van der Waals surface area contributed by atoms with Gasteiger partial charge in [0.1, 0.15) is 30.3 Å². The Morgan fingerprint density at radius 2 is 1.97 bits per heavy atom. The van der Waals surface area contributed by atoms with E-state index in [1.807, 2.05) is 19.0 Å². The van der Waals surface area contributed by atoms with Crippen molar-refractivity contribution in [2.24, 2.45) is 0 Å². The minimum Gasteiger partial charge on any atom is -0.489 e. The Morgan fingerprint density at radius 1 is 1.17 bits per heavy atom. The normalized spacial score (nSPS) is 11.0. The molecular weight excluding hydrogens is 531 g/mol. The summed E-state index contributed by atoms with van der Waals surface area (Å²) in [5.41, 5.74) is 1.08. The highest BCUT2D eigenvalue weighted by molar-refractivity contribution is 9.10. The number of rotatable bonds is 11. The van der Waals surface area contributed by atoms with Gasteiger partial charge in [-0.15, -0.1) is 0 Å². The van der Waals surface area contributed by atoms with E-state index in [4.69, 9.17) is 4.74 Å². The third kappa shape index (κ3) is 7.59. The number of aromatic nitrogens is 2. The van der Waals surface area contributed by atoms with E-state index < -0.39 is 11.7 Å². The summed E-state index contributed by atoms with van der Waals surface area (Å²) in [6.07, 6.45) is 5.69. The zero-order valence-electron chi connectivity index (χ0n) is 19.8. The van der Waals surface area contributed by atoms with Crippen LogP contribution in [0.25, 0.3) is 10.9 Å². The fraction of sp³-hybridized carbons (Fsp3) is 0.200. The topological polar surface area (TPSA) is 108 Å². The monoisotopic (exact) mass is 556 g/mol. The third-order valence-electron chi connectivity index (χ3n) is 4.76. The number of fused-ring (bicyclic) bond motifs is 1. The molecule has 188 valence electrons. The van der Waals surface area contributed by atoms with Crippen LogP contribution >= 0.6 is 15.9 Å². The second-order valence-electron chi connectivity index (χ2n) is 7.83. The minimum atomic E-state index is -0.463. The van der Waals surface area contributed by atoms with Gasteiger partial charge in [0.15, 0.2) is 0 Å². The maximum absolute atomic E-state index is 14.4. The Labute approximate surface area is 216 Å². The number of nitrogens with one attached hydrogen (secondary N) is 3. The highest BCUT2D eigenvalue weighted by Gasteiger charge is 2.14. The summed E-state index contributed by atoms with van der Waals surface area (Å²) in [5.74, 6) is -0.449. The van der Waals surface area contributed by atoms with Crippen molar-refractivity contribution in [1.29, 1.82) is 0 Å². The molecule has 3 N–H and O–H groups in total. The summed E-state index contributed by atoms with van der Waals surface area (Å²) in [4.78, 5) is 34.4. The molecule has 36 heavy (non-hydrogen) atoms. The lowest BCUT2D eigenvalue weighted by Gasteiger charge is -2.15. The number of likely N-dealkylation sites (N-methyl/N-ethyl adjacent to an activating group) is 1. The van der Waals surface area contributed by atoms with E-state index in [-0.39, 0.29) is 24.7 Å². The van der Waals surface area contributed by atoms with E-state index in [1.54, 1.807) is 30.3 Å². The smallest absolute Gasteiger partial charge is 0.247 e. The lowest BCUT2D eigenvalue weighted by molar-refractivity contribution is -0.116. The molecule has 0 fully saturated rings. The molecule has 0 spiro atoms. The van der Waals surface area contributed by atoms with E-state index >= 15 is 0 Å². The van der Waals surface area contributed by atoms with Crippen LogP contribution in [0.3, 0.4) is 0 Å². The molecular formula is C25H26BrFN6O3. The Hall–Kier alpha value is -3.83. The van der Waals surface area contributed by atoms with Gasteiger partial charge in [0, 0.05) is 28.5 Å². The molecule has 9 nitrogen and oxygen atoms in total. The third-order valence-corrected chi connectivity index (χ3v) is 5.26. The number of ether oxygens (including phenoxy) is 1. The first-order chi connectivity index (χ1) is 17.3. The van der Waals surface area contributed by atoms with Gasteiger partial charge in [-0.1, -0.05) is 28.6 Å². The average Bonchev–Trinajstić information content (AvgIpc) is 2.83. The molecule has 0 bridgehead atoms. The van der Waals surface area contributed by atoms with Crippen molar-refractivity contribution in [1.82, 2.24) is 20.2 Å². The van der Waals surface area contributed by atoms with Crippen LogP contribution < -0.4 is 20.7 Å². The summed E-state index contributed by atoms with van der Waals surface area (Å²) < 4.78 is 20.8. The van der Waals surface area contributed by atoms with Crippen molar-refractivity contribution in [3.8, 4) is 5.75 Å². The van der Waals surface area contributed by atoms with Crippen molar-refractivity contribution >= 4 is 55.8 Å². The first-order valence-electron chi connectivity index (χ1n) is 10.9. The van der Waals surface area contributed by atoms with Crippen molar-refractivity contribution < 1.29 is 18.7 Å². The van der Waals surface area contributed by atoms with Crippen molar-refractivity contribution in [2.45, 2.75) is 0 Å². The molecule has 3 aromatic rings. The summed E-state index contributed by atoms with van der Waals surface area (Å²) in [6, 6.07) is 7.89. The molecule has 0 saturated heterocycles. The van der Waals surface area contributed by atoms with Crippen LogP contribution in [0.2, 0.25) is 0 Å². The first kappa shape index (κ1) is 26.8. The molecule has 0 aliphatic rings. The summed E-state index contributed by atoms with van der Waals surface area (Å²) in [6.45, 7) is 4.53. The average molecular weight is 557 g/mol. The van der Waals surface area contributed by atoms with Gasteiger partial charge >= 0.3 is 0 Å². The molecule has 0 saturated carbocycles. The van der Waals surface area contributed by atoms with E-state index in [9.17, 15) is 14.0 Å². The Balaban J connectivity index is 1.80. The summed E-state index contributed by atoms with van der Waals surface area (Å²) in [7, 11) is 3.82. The van der Waals surface area contributed by atoms with Crippen LogP contribution in [0.15, 0.2) is 65.9 Å². The zero-order chi connectivity index (χ0) is 26.1. The fourth-order valence-electron chi connectivity index (χ4n) is 3.07. The van der Waals surface area contributed by atoms with Gasteiger partial charge in [-0.2, -0.15) is 0 Å². The SMILES string of the molecule is C=CC(=O)Nc1cc2c(Nc3ccc(Br)cc3F)ncnc2cc1OCCNC(=O)/C=C/CN(C)C. The molecule has 3 rings (SSSR count). The van der Waals surface area contributed by atoms with Crippen LogP contribution in [-0.4, -0.2) is 60.5 Å². The van der Waals surface area contributed by atoms with E-state index in [0.717, 1.165) is 6.08 Å². The Kier molecular flexibility index (Phi) is 9.48. The standard InChI is InChI=1S/C25H26BrFN6O3/c1-4-23(34)31-21-13-17-20(14-22(21)36-11-9-28-24(35)6-5-10-33(2)3)29-15-30-25(17)32-19-8-7-16(26)12-18(19)27/h4-8,12-15H,1,9-11H2,2-3H3,(H,28,35)(H,31,34)(H,29,30,32)/b6-5+. The van der Waals surface area contributed by atoms with Gasteiger partial charge < -0.3 is 25.6 Å². The van der Waals surface area contributed by atoms with Crippen molar-refractivity contribution in [3.05, 3.63) is 71.8 Å². The molecule has 1 aromatic heterocycles. The largest absolute Gasteiger partial charge is 0.489 e. The van der Waals surface area contributed by atoms with E-state index in [2.05, 4.69) is 48.4 Å². The summed E-state index contributed by atoms with van der Waals surface area (Å²) >= 11 is 3.23. The molecule has 0 aliphatic carbocycles. The van der Waals surface area contributed by atoms with Crippen molar-refractivity contribution in [3.63, 3.8) is 0 Å². The fourth-order valence-corrected chi connectivity index (χ4v) is 3.40. The molecule has 2 amide bonds. The van der Waals surface area contributed by atoms with Gasteiger partial charge in [-0.05, 0) is 44.4 Å². The predicted molar refractivity (Wildman–Crippen MR) is 142 cm³/mol. The molecule has 11 heteroatoms. The van der Waals surface area contributed by atoms with Crippen LogP contribution in [0.1, 0.15) is 0 Å². The Bertz CT molecular complexity index is 1300. The van der Waals surface area contributed by atoms with Crippen LogP contribution in [-0.2, 0) is 9.59 Å². The van der Waals surface area contributed by atoms with Gasteiger partial charge in [0.25, 0.3) is 0 Å². The number of hydrogen-bond acceptors (Lipinski definition) is 7. The quantitative estimate of drug-likeness (QED) is 0.242. The second kappa shape index (κ2) is 12.8. The van der Waals surface area contributed by atoms with Gasteiger partial charge in [0.2, 0.25) is 11.8 Å². The Morgan fingerprint density at radius 3 is 2.69 bits per heavy atom. The highest BCUT2D eigenvalue weighted by atomic mass is 79.9. The number of amides is 2. The highest BCUT2D eigenvalue weighted by Crippen LogP contribution is 2.34. The summed E-state index contributed by atoms with van der Waals surface area (Å²) in [5, 5.41) is 8.94. The number of halogens is 2. The molecule has 0 radical (unpaired) electrons. The second-order valence-corrected chi connectivity index (χ2v) is 8.75. The molecule has 0 unspecified atom stereocenters. The number of nitrogens with zero attached hydrogens (tertiary/aromatic N) is 3. The first-order valence-corrected chi connectivity index (χ1v) is 11.7. The molecule has 0 aliphatic heterocycles. The van der Waals surface area contributed by atoms with Crippen LogP contribution in [0, 0.1) is 5.82 Å². The van der Waals surface area contributed by atoms with Gasteiger partial charge in [-0.25, -0.2) is 14.4 Å². The van der Waals surface area contributed by atoms with Crippen molar-refractivity contribution in [2.75, 3.05) is 44.4 Å². The van der Waals surface area contributed by atoms with Gasteiger partial charge in [0.05, 0.1) is 23.4 Å². The maximum Gasteiger partial charge on any atom is 0.247 e. The number of benzene rings is 2. The van der Waals surface area contributed by atoms with E-state index in [0.29, 0.717) is 39.2 Å². The van der Waals surface area contributed by atoms with E-state index in [1.165, 1.54) is 18.5 Å². The maximum atomic E-state index is 14.4. The number of hydrogen-bond donors (Lipinski definition) is 3. The predicted octanol–water partition coefficient (Wildman–Crippen LogP) is 4.01.